The quantitative estimate of drug-likeness (QED) is 0.690. The summed E-state index contributed by atoms with van der Waals surface area (Å²) in [5, 5.41) is 0.101. The molecular weight excluding hydrogens is 331 g/mol. The van der Waals surface area contributed by atoms with Gasteiger partial charge in [0.2, 0.25) is 0 Å². The zero-order valence-corrected chi connectivity index (χ0v) is 16.8. The summed E-state index contributed by atoms with van der Waals surface area (Å²) in [4.78, 5) is 19.6. The summed E-state index contributed by atoms with van der Waals surface area (Å²) in [5.74, 6) is 1.01. The topological polar surface area (TPSA) is 57.5 Å². The van der Waals surface area contributed by atoms with E-state index in [9.17, 15) is 14.4 Å². The molecule has 0 atom stereocenters. The fourth-order valence-electron chi connectivity index (χ4n) is 3.61. The molecule has 0 bridgehead atoms. The number of hydrogen-bond acceptors (Lipinski definition) is 1. The van der Waals surface area contributed by atoms with Gasteiger partial charge in [-0.3, -0.25) is 4.57 Å². The van der Waals surface area contributed by atoms with E-state index in [1.165, 1.54) is 22.8 Å². The molecule has 2 aromatic carbocycles. The van der Waals surface area contributed by atoms with E-state index in [-0.39, 0.29) is 11.2 Å². The predicted octanol–water partition coefficient (Wildman–Crippen LogP) is 5.53. The second-order valence-corrected chi connectivity index (χ2v) is 9.12. The van der Waals surface area contributed by atoms with Crippen molar-refractivity contribution >= 4 is 12.9 Å². The first-order chi connectivity index (χ1) is 11.6. The lowest BCUT2D eigenvalue weighted by Gasteiger charge is -2.26. The van der Waals surface area contributed by atoms with Gasteiger partial charge in [0, 0.05) is 0 Å². The van der Waals surface area contributed by atoms with Crippen molar-refractivity contribution in [1.82, 2.24) is 0 Å². The lowest BCUT2D eigenvalue weighted by atomic mass is 9.79. The maximum absolute atomic E-state index is 12.0. The third-order valence-corrected chi connectivity index (χ3v) is 5.62. The highest BCUT2D eigenvalue weighted by Gasteiger charge is 2.26. The molecule has 2 aromatic rings. The van der Waals surface area contributed by atoms with Crippen LogP contribution in [0.25, 0.3) is 11.1 Å². The van der Waals surface area contributed by atoms with Gasteiger partial charge in [0.05, 0.1) is 5.30 Å². The van der Waals surface area contributed by atoms with E-state index in [0.29, 0.717) is 17.4 Å². The Labute approximate surface area is 151 Å². The summed E-state index contributed by atoms with van der Waals surface area (Å²) < 4.78 is 12.0. The van der Waals surface area contributed by atoms with E-state index in [0.717, 1.165) is 5.56 Å². The number of benzene rings is 2. The van der Waals surface area contributed by atoms with Crippen LogP contribution in [0.5, 0.6) is 0 Å². The summed E-state index contributed by atoms with van der Waals surface area (Å²) in [6, 6.07) is 11.0. The molecule has 0 saturated carbocycles. The largest absolute Gasteiger partial charge is 0.356 e. The third-order valence-electron chi connectivity index (χ3n) is 4.61. The third kappa shape index (κ3) is 4.06. The first-order valence-corrected chi connectivity index (χ1v) is 10.5. The minimum Gasteiger partial charge on any atom is -0.321 e. The zero-order chi connectivity index (χ0) is 18.9. The molecule has 0 aliphatic rings. The van der Waals surface area contributed by atoms with Crippen LogP contribution in [-0.2, 0) is 4.57 Å². The standard InChI is InChI=1S/C21H29O3P/c1-13(2)16-11-12-18(21(15(5)6)20(16)14(3)4)17-9-7-8-10-19(17)25(22,23)24/h7-15H,1-6H3,(H2,22,23,24). The van der Waals surface area contributed by atoms with Crippen molar-refractivity contribution in [3.63, 3.8) is 0 Å². The van der Waals surface area contributed by atoms with Gasteiger partial charge in [0.25, 0.3) is 0 Å². The van der Waals surface area contributed by atoms with Crippen LogP contribution in [0.4, 0.5) is 0 Å². The van der Waals surface area contributed by atoms with E-state index < -0.39 is 7.60 Å². The fourth-order valence-corrected chi connectivity index (χ4v) is 4.40. The van der Waals surface area contributed by atoms with Crippen molar-refractivity contribution in [2.24, 2.45) is 0 Å². The highest BCUT2D eigenvalue weighted by molar-refractivity contribution is 7.60. The van der Waals surface area contributed by atoms with Gasteiger partial charge in [-0.2, -0.15) is 0 Å². The van der Waals surface area contributed by atoms with E-state index in [4.69, 9.17) is 0 Å². The Bertz CT molecular complexity index is 801. The molecule has 2 N–H and O–H groups in total. The highest BCUT2D eigenvalue weighted by atomic mass is 31.2. The van der Waals surface area contributed by atoms with Crippen LogP contribution in [0.2, 0.25) is 0 Å². The molecule has 0 aliphatic heterocycles. The van der Waals surface area contributed by atoms with Crippen LogP contribution in [0.1, 0.15) is 76.0 Å². The van der Waals surface area contributed by atoms with Crippen molar-refractivity contribution in [3.8, 4) is 11.1 Å². The Kier molecular flexibility index (Phi) is 5.93. The summed E-state index contributed by atoms with van der Waals surface area (Å²) in [5.41, 5.74) is 5.39. The van der Waals surface area contributed by atoms with Crippen LogP contribution < -0.4 is 5.30 Å². The molecule has 0 amide bonds. The maximum atomic E-state index is 12.0. The molecule has 0 fully saturated rings. The van der Waals surface area contributed by atoms with Crippen LogP contribution >= 0.6 is 7.60 Å². The van der Waals surface area contributed by atoms with Gasteiger partial charge >= 0.3 is 7.60 Å². The molecule has 0 aromatic heterocycles. The van der Waals surface area contributed by atoms with E-state index >= 15 is 0 Å². The summed E-state index contributed by atoms with van der Waals surface area (Å²) >= 11 is 0. The van der Waals surface area contributed by atoms with Gasteiger partial charge in [0.15, 0.2) is 0 Å². The van der Waals surface area contributed by atoms with Crippen molar-refractivity contribution < 1.29 is 14.4 Å². The van der Waals surface area contributed by atoms with Crippen molar-refractivity contribution in [3.05, 3.63) is 53.1 Å². The highest BCUT2D eigenvalue weighted by Crippen LogP contribution is 2.43. The average Bonchev–Trinajstić information content (AvgIpc) is 2.52. The maximum Gasteiger partial charge on any atom is 0.356 e. The second-order valence-electron chi connectivity index (χ2n) is 7.55. The Morgan fingerprint density at radius 2 is 1.28 bits per heavy atom. The lowest BCUT2D eigenvalue weighted by Crippen LogP contribution is -2.12. The molecule has 136 valence electrons. The monoisotopic (exact) mass is 360 g/mol. The molecule has 25 heavy (non-hydrogen) atoms. The molecule has 0 heterocycles. The minimum atomic E-state index is -4.34. The van der Waals surface area contributed by atoms with E-state index in [1.54, 1.807) is 6.07 Å². The Balaban J connectivity index is 2.90. The van der Waals surface area contributed by atoms with Crippen LogP contribution in [0.3, 0.4) is 0 Å². The number of hydrogen-bond donors (Lipinski definition) is 2. The molecule has 0 unspecified atom stereocenters. The molecule has 0 radical (unpaired) electrons. The molecule has 0 saturated heterocycles. The summed E-state index contributed by atoms with van der Waals surface area (Å²) in [7, 11) is -4.34. The SMILES string of the molecule is CC(C)c1ccc(-c2ccccc2P(=O)(O)O)c(C(C)C)c1C(C)C. The van der Waals surface area contributed by atoms with E-state index in [2.05, 4.69) is 47.6 Å². The van der Waals surface area contributed by atoms with Crippen molar-refractivity contribution in [2.45, 2.75) is 59.3 Å². The van der Waals surface area contributed by atoms with Gasteiger partial charge in [-0.1, -0.05) is 71.9 Å². The lowest BCUT2D eigenvalue weighted by molar-refractivity contribution is 0.387. The fraction of sp³-hybridized carbons (Fsp3) is 0.429. The molecule has 4 heteroatoms. The van der Waals surface area contributed by atoms with Crippen LogP contribution in [-0.4, -0.2) is 9.79 Å². The first-order valence-electron chi connectivity index (χ1n) is 8.87. The van der Waals surface area contributed by atoms with Gasteiger partial charge in [-0.15, -0.1) is 0 Å². The smallest absolute Gasteiger partial charge is 0.321 e. The van der Waals surface area contributed by atoms with Gasteiger partial charge in [0.1, 0.15) is 0 Å². The Morgan fingerprint density at radius 1 is 0.720 bits per heavy atom. The average molecular weight is 360 g/mol. The van der Waals surface area contributed by atoms with Crippen LogP contribution in [0, 0.1) is 0 Å². The molecule has 3 nitrogen and oxygen atoms in total. The molecule has 0 spiro atoms. The van der Waals surface area contributed by atoms with Gasteiger partial charge in [-0.25, -0.2) is 0 Å². The second kappa shape index (κ2) is 7.45. The molecular formula is C21H29O3P. The zero-order valence-electron chi connectivity index (χ0n) is 15.9. The first kappa shape index (κ1) is 19.9. The normalized spacial score (nSPS) is 12.4. The minimum absolute atomic E-state index is 0.101. The van der Waals surface area contributed by atoms with E-state index in [1.807, 2.05) is 18.2 Å². The van der Waals surface area contributed by atoms with Crippen molar-refractivity contribution in [2.75, 3.05) is 0 Å². The van der Waals surface area contributed by atoms with Crippen LogP contribution in [0.15, 0.2) is 36.4 Å². The summed E-state index contributed by atoms with van der Waals surface area (Å²) in [6.45, 7) is 13.0. The van der Waals surface area contributed by atoms with Gasteiger partial charge < -0.3 is 9.79 Å². The van der Waals surface area contributed by atoms with Gasteiger partial charge in [-0.05, 0) is 51.6 Å². The van der Waals surface area contributed by atoms with Crippen molar-refractivity contribution in [1.29, 1.82) is 0 Å². The molecule has 2 rings (SSSR count). The predicted molar refractivity (Wildman–Crippen MR) is 106 cm³/mol. The Morgan fingerprint density at radius 3 is 1.76 bits per heavy atom. The number of rotatable bonds is 5. The molecule has 0 aliphatic carbocycles. The summed E-state index contributed by atoms with van der Waals surface area (Å²) in [6.07, 6.45) is 0. The Hall–Kier alpha value is -1.41.